The van der Waals surface area contributed by atoms with Gasteiger partial charge in [0.05, 0.1) is 18.8 Å². The van der Waals surface area contributed by atoms with E-state index < -0.39 is 18.0 Å². The van der Waals surface area contributed by atoms with Crippen molar-refractivity contribution in [3.8, 4) is 0 Å². The first kappa shape index (κ1) is 19.9. The highest BCUT2D eigenvalue weighted by Crippen LogP contribution is 2.35. The fraction of sp³-hybridized carbons (Fsp3) is 0.190. The summed E-state index contributed by atoms with van der Waals surface area (Å²) in [5.41, 5.74) is 2.02. The Balaban J connectivity index is 1.57. The minimum absolute atomic E-state index is 0.182. The molecule has 1 fully saturated rings. The molecule has 7 nitrogen and oxygen atoms in total. The average molecular weight is 430 g/mol. The third-order valence-electron chi connectivity index (χ3n) is 4.81. The van der Waals surface area contributed by atoms with Gasteiger partial charge in [0, 0.05) is 34.3 Å². The first-order valence-corrected chi connectivity index (χ1v) is 9.55. The Kier molecular flexibility index (Phi) is 5.17. The summed E-state index contributed by atoms with van der Waals surface area (Å²) in [6.45, 7) is 1.74. The van der Waals surface area contributed by atoms with Gasteiger partial charge in [0.1, 0.15) is 11.9 Å². The van der Waals surface area contributed by atoms with Crippen LogP contribution in [0.25, 0.3) is 11.6 Å². The van der Waals surface area contributed by atoms with Gasteiger partial charge in [-0.25, -0.2) is 9.18 Å². The van der Waals surface area contributed by atoms with Gasteiger partial charge in [0.15, 0.2) is 0 Å². The highest BCUT2D eigenvalue weighted by molar-refractivity contribution is 6.36. The highest BCUT2D eigenvalue weighted by Gasteiger charge is 2.33. The summed E-state index contributed by atoms with van der Waals surface area (Å²) in [7, 11) is 0. The van der Waals surface area contributed by atoms with Crippen LogP contribution in [0.3, 0.4) is 0 Å². The Bertz CT molecular complexity index is 1100. The lowest BCUT2D eigenvalue weighted by Crippen LogP contribution is -2.33. The number of anilines is 2. The monoisotopic (exact) mass is 429 g/mol. The molecular weight excluding hydrogens is 413 g/mol. The molecule has 0 bridgehead atoms. The number of carbonyl (C=O) groups is 3. The SMILES string of the molecule is CC(=O)NCC1CN(c2ccc(/C=C3/C(=O)Nc4ccc(Cl)cc43)c(F)c2)C(=O)O1. The number of benzene rings is 2. The fourth-order valence-corrected chi connectivity index (χ4v) is 3.53. The third kappa shape index (κ3) is 3.86. The number of nitrogens with zero attached hydrogens (tertiary/aromatic N) is 1. The Morgan fingerprint density at radius 1 is 1.33 bits per heavy atom. The Hall–Kier alpha value is -3.39. The molecule has 0 radical (unpaired) electrons. The number of rotatable bonds is 4. The summed E-state index contributed by atoms with van der Waals surface area (Å²) in [5.74, 6) is -1.17. The van der Waals surface area contributed by atoms with Crippen molar-refractivity contribution in [1.82, 2.24) is 5.32 Å². The second kappa shape index (κ2) is 7.79. The van der Waals surface area contributed by atoms with Crippen LogP contribution in [0.1, 0.15) is 18.1 Å². The minimum Gasteiger partial charge on any atom is -0.442 e. The number of carbonyl (C=O) groups excluding carboxylic acids is 3. The summed E-state index contributed by atoms with van der Waals surface area (Å²) in [4.78, 5) is 36.7. The van der Waals surface area contributed by atoms with Crippen LogP contribution >= 0.6 is 11.6 Å². The zero-order chi connectivity index (χ0) is 21.4. The van der Waals surface area contributed by atoms with Gasteiger partial charge in [-0.05, 0) is 42.5 Å². The van der Waals surface area contributed by atoms with Gasteiger partial charge in [0.2, 0.25) is 5.91 Å². The molecule has 2 N–H and O–H groups in total. The van der Waals surface area contributed by atoms with Crippen LogP contribution in [-0.4, -0.2) is 37.1 Å². The van der Waals surface area contributed by atoms with Crippen molar-refractivity contribution in [2.24, 2.45) is 0 Å². The molecule has 9 heteroatoms. The summed E-state index contributed by atoms with van der Waals surface area (Å²) in [6.07, 6.45) is 0.308. The second-order valence-electron chi connectivity index (χ2n) is 6.96. The zero-order valence-electron chi connectivity index (χ0n) is 15.9. The van der Waals surface area contributed by atoms with Crippen LogP contribution in [0.2, 0.25) is 5.02 Å². The lowest BCUT2D eigenvalue weighted by atomic mass is 10.0. The fourth-order valence-electron chi connectivity index (χ4n) is 3.36. The number of amides is 3. The van der Waals surface area contributed by atoms with E-state index in [2.05, 4.69) is 10.6 Å². The van der Waals surface area contributed by atoms with E-state index in [0.717, 1.165) is 0 Å². The third-order valence-corrected chi connectivity index (χ3v) is 5.05. The van der Waals surface area contributed by atoms with E-state index in [1.165, 1.54) is 30.0 Å². The maximum atomic E-state index is 14.8. The van der Waals surface area contributed by atoms with Crippen molar-refractivity contribution < 1.29 is 23.5 Å². The summed E-state index contributed by atoms with van der Waals surface area (Å²) in [5, 5.41) is 5.76. The lowest BCUT2D eigenvalue weighted by molar-refractivity contribution is -0.119. The number of hydrogen-bond acceptors (Lipinski definition) is 4. The predicted molar refractivity (Wildman–Crippen MR) is 111 cm³/mol. The van der Waals surface area contributed by atoms with Crippen molar-refractivity contribution in [3.63, 3.8) is 0 Å². The minimum atomic E-state index is -0.616. The van der Waals surface area contributed by atoms with Gasteiger partial charge in [-0.2, -0.15) is 0 Å². The molecular formula is C21H17ClFN3O4. The van der Waals surface area contributed by atoms with E-state index in [4.69, 9.17) is 16.3 Å². The van der Waals surface area contributed by atoms with Gasteiger partial charge in [-0.3, -0.25) is 14.5 Å². The quantitative estimate of drug-likeness (QED) is 0.729. The van der Waals surface area contributed by atoms with E-state index in [1.54, 1.807) is 24.3 Å². The predicted octanol–water partition coefficient (Wildman–Crippen LogP) is 3.43. The Morgan fingerprint density at radius 3 is 2.87 bits per heavy atom. The van der Waals surface area contributed by atoms with Crippen molar-refractivity contribution in [2.45, 2.75) is 13.0 Å². The molecule has 2 aromatic rings. The lowest BCUT2D eigenvalue weighted by Gasteiger charge is -2.14. The van der Waals surface area contributed by atoms with Crippen LogP contribution in [0.15, 0.2) is 36.4 Å². The molecule has 0 aliphatic carbocycles. The standard InChI is InChI=1S/C21H17ClFN3O4/c1-11(27)24-9-15-10-26(21(29)30-15)14-4-2-12(18(23)8-14)6-17-16-7-13(22)3-5-19(16)25-20(17)28/h2-8,15H,9-10H2,1H3,(H,24,27)(H,25,28)/b17-6+. The molecule has 1 unspecified atom stereocenters. The van der Waals surface area contributed by atoms with Crippen LogP contribution in [0, 0.1) is 5.82 Å². The second-order valence-corrected chi connectivity index (χ2v) is 7.40. The van der Waals surface area contributed by atoms with Gasteiger partial charge in [-0.1, -0.05) is 11.6 Å². The normalized spacial score (nSPS) is 19.0. The molecule has 154 valence electrons. The number of fused-ring (bicyclic) bond motifs is 1. The number of ether oxygens (including phenoxy) is 1. The van der Waals surface area contributed by atoms with Crippen molar-refractivity contribution in [3.05, 3.63) is 58.4 Å². The van der Waals surface area contributed by atoms with Crippen LogP contribution in [-0.2, 0) is 14.3 Å². The highest BCUT2D eigenvalue weighted by atomic mass is 35.5. The van der Waals surface area contributed by atoms with Crippen LogP contribution in [0.5, 0.6) is 0 Å². The number of halogens is 2. The Labute approximate surface area is 176 Å². The molecule has 0 saturated carbocycles. The van der Waals surface area contributed by atoms with Crippen molar-refractivity contribution in [1.29, 1.82) is 0 Å². The van der Waals surface area contributed by atoms with E-state index in [9.17, 15) is 18.8 Å². The summed E-state index contributed by atoms with van der Waals surface area (Å²) < 4.78 is 20.0. The molecule has 0 spiro atoms. The smallest absolute Gasteiger partial charge is 0.414 e. The van der Waals surface area contributed by atoms with E-state index in [-0.39, 0.29) is 30.5 Å². The van der Waals surface area contributed by atoms with E-state index >= 15 is 0 Å². The molecule has 3 amide bonds. The van der Waals surface area contributed by atoms with Gasteiger partial charge in [0.25, 0.3) is 5.91 Å². The maximum Gasteiger partial charge on any atom is 0.414 e. The number of nitrogens with one attached hydrogen (secondary N) is 2. The molecule has 2 aliphatic rings. The van der Waals surface area contributed by atoms with Gasteiger partial charge in [-0.15, -0.1) is 0 Å². The number of hydrogen-bond donors (Lipinski definition) is 2. The molecule has 2 aliphatic heterocycles. The zero-order valence-corrected chi connectivity index (χ0v) is 16.6. The molecule has 30 heavy (non-hydrogen) atoms. The molecule has 0 aromatic heterocycles. The molecule has 2 heterocycles. The van der Waals surface area contributed by atoms with Crippen LogP contribution in [0.4, 0.5) is 20.6 Å². The van der Waals surface area contributed by atoms with Gasteiger partial charge >= 0.3 is 6.09 Å². The molecule has 1 saturated heterocycles. The van der Waals surface area contributed by atoms with Crippen molar-refractivity contribution >= 4 is 52.5 Å². The summed E-state index contributed by atoms with van der Waals surface area (Å²) in [6, 6.07) is 9.26. The average Bonchev–Trinajstić information content (AvgIpc) is 3.21. The van der Waals surface area contributed by atoms with Crippen LogP contribution < -0.4 is 15.5 Å². The van der Waals surface area contributed by atoms with Crippen molar-refractivity contribution in [2.75, 3.05) is 23.3 Å². The molecule has 1 atom stereocenters. The first-order valence-electron chi connectivity index (χ1n) is 9.17. The van der Waals surface area contributed by atoms with Gasteiger partial charge < -0.3 is 15.4 Å². The van der Waals surface area contributed by atoms with E-state index in [1.807, 2.05) is 0 Å². The van der Waals surface area contributed by atoms with E-state index in [0.29, 0.717) is 27.5 Å². The summed E-state index contributed by atoms with van der Waals surface area (Å²) >= 11 is 6.02. The largest absolute Gasteiger partial charge is 0.442 e. The topological polar surface area (TPSA) is 87.7 Å². The Morgan fingerprint density at radius 2 is 2.13 bits per heavy atom. The first-order chi connectivity index (χ1) is 14.3. The maximum absolute atomic E-state index is 14.8. The molecule has 2 aromatic carbocycles. The number of cyclic esters (lactones) is 1. The molecule has 4 rings (SSSR count).